The van der Waals surface area contributed by atoms with Gasteiger partial charge in [0.05, 0.1) is 12.1 Å². The van der Waals surface area contributed by atoms with E-state index in [0.29, 0.717) is 0 Å². The zero-order valence-corrected chi connectivity index (χ0v) is 12.7. The number of carbonyl (C=O) groups excluding carboxylic acids is 1. The number of likely N-dealkylation sites (tertiary alicyclic amines) is 1. The van der Waals surface area contributed by atoms with Gasteiger partial charge in [-0.2, -0.15) is 0 Å². The first-order chi connectivity index (χ1) is 10.1. The summed E-state index contributed by atoms with van der Waals surface area (Å²) in [6.45, 7) is 0.830. The average molecular weight is 291 g/mol. The molecule has 0 bridgehead atoms. The summed E-state index contributed by atoms with van der Waals surface area (Å²) in [5, 5.41) is 12.7. The van der Waals surface area contributed by atoms with Gasteiger partial charge in [-0.05, 0) is 50.7 Å². The molecule has 1 atom stereocenters. The highest BCUT2D eigenvalue weighted by Gasteiger charge is 2.32. The molecule has 1 saturated heterocycles. The molecule has 3 rings (SSSR count). The van der Waals surface area contributed by atoms with Gasteiger partial charge < -0.3 is 19.9 Å². The van der Waals surface area contributed by atoms with Crippen LogP contribution in [0.2, 0.25) is 0 Å². The molecule has 0 radical (unpaired) electrons. The van der Waals surface area contributed by atoms with Crippen molar-refractivity contribution in [2.24, 2.45) is 7.05 Å². The highest BCUT2D eigenvalue weighted by Crippen LogP contribution is 2.32. The number of aliphatic hydroxyl groups excluding tert-OH is 1. The molecular weight excluding hydrogens is 266 g/mol. The molecule has 5 nitrogen and oxygen atoms in total. The third kappa shape index (κ3) is 3.07. The van der Waals surface area contributed by atoms with Gasteiger partial charge in [0, 0.05) is 31.5 Å². The highest BCUT2D eigenvalue weighted by molar-refractivity contribution is 5.75. The highest BCUT2D eigenvalue weighted by atomic mass is 16.3. The van der Waals surface area contributed by atoms with Gasteiger partial charge in [0.15, 0.2) is 0 Å². The van der Waals surface area contributed by atoms with E-state index in [0.717, 1.165) is 45.1 Å². The summed E-state index contributed by atoms with van der Waals surface area (Å²) < 4.78 is 2.10. The van der Waals surface area contributed by atoms with Crippen molar-refractivity contribution in [1.82, 2.24) is 14.8 Å². The molecule has 2 N–H and O–H groups in total. The Kier molecular flexibility index (Phi) is 4.19. The van der Waals surface area contributed by atoms with Gasteiger partial charge in [-0.15, -0.1) is 0 Å². The van der Waals surface area contributed by atoms with Crippen molar-refractivity contribution in [3.05, 3.63) is 24.0 Å². The molecule has 2 amide bonds. The Hall–Kier alpha value is -1.49. The monoisotopic (exact) mass is 291 g/mol. The average Bonchev–Trinajstić information content (AvgIpc) is 3.09. The SMILES string of the molecule is Cn1cccc1[C@@H]1CCCN1C(=O)NC1CCC(O)CC1. The number of nitrogens with zero attached hydrogens (tertiary/aromatic N) is 2. The lowest BCUT2D eigenvalue weighted by Gasteiger charge is -2.31. The Morgan fingerprint density at radius 3 is 2.71 bits per heavy atom. The normalized spacial score (nSPS) is 29.6. The predicted octanol–water partition coefficient (Wildman–Crippen LogP) is 2.18. The molecule has 5 heteroatoms. The lowest BCUT2D eigenvalue weighted by molar-refractivity contribution is 0.114. The molecule has 21 heavy (non-hydrogen) atoms. The van der Waals surface area contributed by atoms with Gasteiger partial charge in [-0.3, -0.25) is 0 Å². The van der Waals surface area contributed by atoms with Crippen molar-refractivity contribution < 1.29 is 9.90 Å². The van der Waals surface area contributed by atoms with Crippen LogP contribution in [0.1, 0.15) is 50.3 Å². The summed E-state index contributed by atoms with van der Waals surface area (Å²) in [4.78, 5) is 14.5. The molecule has 1 aromatic rings. The van der Waals surface area contributed by atoms with Gasteiger partial charge in [-0.1, -0.05) is 0 Å². The topological polar surface area (TPSA) is 57.5 Å². The number of rotatable bonds is 2. The number of hydrogen-bond donors (Lipinski definition) is 2. The molecule has 1 aliphatic carbocycles. The van der Waals surface area contributed by atoms with Crippen molar-refractivity contribution in [2.75, 3.05) is 6.54 Å². The number of aryl methyl sites for hydroxylation is 1. The molecule has 2 heterocycles. The number of aliphatic hydroxyl groups is 1. The van der Waals surface area contributed by atoms with Crippen molar-refractivity contribution in [3.8, 4) is 0 Å². The summed E-state index contributed by atoms with van der Waals surface area (Å²) in [6, 6.07) is 4.61. The van der Waals surface area contributed by atoms with Gasteiger partial charge in [0.2, 0.25) is 0 Å². The minimum absolute atomic E-state index is 0.0556. The van der Waals surface area contributed by atoms with Crippen LogP contribution in [-0.2, 0) is 7.05 Å². The third-order valence-electron chi connectivity index (χ3n) is 4.86. The van der Waals surface area contributed by atoms with E-state index in [-0.39, 0.29) is 24.2 Å². The lowest BCUT2D eigenvalue weighted by Crippen LogP contribution is -2.46. The van der Waals surface area contributed by atoms with Crippen LogP contribution in [0.25, 0.3) is 0 Å². The van der Waals surface area contributed by atoms with E-state index in [2.05, 4.69) is 16.0 Å². The maximum atomic E-state index is 12.6. The van der Waals surface area contributed by atoms with E-state index in [1.54, 1.807) is 0 Å². The number of aromatic nitrogens is 1. The lowest BCUT2D eigenvalue weighted by atomic mass is 9.93. The second-order valence-electron chi connectivity index (χ2n) is 6.35. The summed E-state index contributed by atoms with van der Waals surface area (Å²) in [5.41, 5.74) is 1.21. The van der Waals surface area contributed by atoms with Crippen molar-refractivity contribution in [3.63, 3.8) is 0 Å². The van der Waals surface area contributed by atoms with Gasteiger partial charge in [-0.25, -0.2) is 4.79 Å². The van der Waals surface area contributed by atoms with E-state index < -0.39 is 0 Å². The third-order valence-corrected chi connectivity index (χ3v) is 4.86. The van der Waals surface area contributed by atoms with Crippen LogP contribution in [0.15, 0.2) is 18.3 Å². The fourth-order valence-electron chi connectivity index (χ4n) is 3.62. The minimum Gasteiger partial charge on any atom is -0.393 e. The molecule has 116 valence electrons. The zero-order chi connectivity index (χ0) is 14.8. The quantitative estimate of drug-likeness (QED) is 0.877. The maximum absolute atomic E-state index is 12.6. The molecular formula is C16H25N3O2. The summed E-state index contributed by atoms with van der Waals surface area (Å²) in [7, 11) is 2.03. The van der Waals surface area contributed by atoms with E-state index in [1.807, 2.05) is 24.2 Å². The minimum atomic E-state index is -0.180. The van der Waals surface area contributed by atoms with Crippen LogP contribution in [0.4, 0.5) is 4.79 Å². The van der Waals surface area contributed by atoms with Crippen LogP contribution in [0.3, 0.4) is 0 Å². The second-order valence-corrected chi connectivity index (χ2v) is 6.35. The van der Waals surface area contributed by atoms with Crippen molar-refractivity contribution in [1.29, 1.82) is 0 Å². The molecule has 0 aromatic carbocycles. The molecule has 0 unspecified atom stereocenters. The Bertz CT molecular complexity index is 491. The first-order valence-electron chi connectivity index (χ1n) is 8.01. The molecule has 2 fully saturated rings. The zero-order valence-electron chi connectivity index (χ0n) is 12.7. The fourth-order valence-corrected chi connectivity index (χ4v) is 3.62. The van der Waals surface area contributed by atoms with Crippen LogP contribution in [-0.4, -0.2) is 39.3 Å². The number of amides is 2. The summed E-state index contributed by atoms with van der Waals surface area (Å²) >= 11 is 0. The standard InChI is InChI=1S/C16H25N3O2/c1-18-10-2-4-14(18)15-5-3-11-19(15)16(21)17-12-6-8-13(20)9-7-12/h2,4,10,12-13,15,20H,3,5-9,11H2,1H3,(H,17,21)/t12?,13?,15-/m0/s1. The second kappa shape index (κ2) is 6.10. The fraction of sp³-hybridized carbons (Fsp3) is 0.688. The van der Waals surface area contributed by atoms with Crippen LogP contribution in [0.5, 0.6) is 0 Å². The largest absolute Gasteiger partial charge is 0.393 e. The number of carbonyl (C=O) groups is 1. The van der Waals surface area contributed by atoms with E-state index in [1.165, 1.54) is 5.69 Å². The first-order valence-corrected chi connectivity index (χ1v) is 8.01. The summed E-state index contributed by atoms with van der Waals surface area (Å²) in [6.07, 6.45) is 7.32. The molecule has 1 saturated carbocycles. The Morgan fingerprint density at radius 1 is 1.29 bits per heavy atom. The van der Waals surface area contributed by atoms with E-state index in [9.17, 15) is 9.90 Å². The molecule has 0 spiro atoms. The first kappa shape index (κ1) is 14.4. The Morgan fingerprint density at radius 2 is 2.05 bits per heavy atom. The maximum Gasteiger partial charge on any atom is 0.318 e. The van der Waals surface area contributed by atoms with E-state index in [4.69, 9.17) is 0 Å². The smallest absolute Gasteiger partial charge is 0.318 e. The van der Waals surface area contributed by atoms with Crippen LogP contribution in [0, 0.1) is 0 Å². The van der Waals surface area contributed by atoms with E-state index >= 15 is 0 Å². The van der Waals surface area contributed by atoms with Gasteiger partial charge >= 0.3 is 6.03 Å². The molecule has 2 aliphatic rings. The molecule has 1 aromatic heterocycles. The predicted molar refractivity (Wildman–Crippen MR) is 80.9 cm³/mol. The number of nitrogens with one attached hydrogen (secondary N) is 1. The van der Waals surface area contributed by atoms with Crippen molar-refractivity contribution in [2.45, 2.75) is 56.7 Å². The number of urea groups is 1. The van der Waals surface area contributed by atoms with Gasteiger partial charge in [0.25, 0.3) is 0 Å². The van der Waals surface area contributed by atoms with Crippen LogP contribution >= 0.6 is 0 Å². The number of hydrogen-bond acceptors (Lipinski definition) is 2. The Labute approximate surface area is 125 Å². The summed E-state index contributed by atoms with van der Waals surface area (Å²) in [5.74, 6) is 0. The Balaban J connectivity index is 1.62. The van der Waals surface area contributed by atoms with Crippen LogP contribution < -0.4 is 5.32 Å². The van der Waals surface area contributed by atoms with Gasteiger partial charge in [0.1, 0.15) is 0 Å². The molecule has 1 aliphatic heterocycles. The van der Waals surface area contributed by atoms with Crippen molar-refractivity contribution >= 4 is 6.03 Å².